The van der Waals surface area contributed by atoms with Crippen LogP contribution in [0.15, 0.2) is 29.6 Å². The summed E-state index contributed by atoms with van der Waals surface area (Å²) in [5.74, 6) is 1.14. The van der Waals surface area contributed by atoms with Crippen molar-refractivity contribution in [3.05, 3.63) is 40.9 Å². The Kier molecular flexibility index (Phi) is 4.53. The average Bonchev–Trinajstić information content (AvgIpc) is 3.09. The molecule has 0 radical (unpaired) electrons. The molecule has 1 atom stereocenters. The van der Waals surface area contributed by atoms with E-state index in [0.717, 1.165) is 10.7 Å². The van der Waals surface area contributed by atoms with E-state index in [0.29, 0.717) is 17.6 Å². The summed E-state index contributed by atoms with van der Waals surface area (Å²) in [7, 11) is 0. The van der Waals surface area contributed by atoms with Crippen molar-refractivity contribution in [3.63, 3.8) is 0 Å². The van der Waals surface area contributed by atoms with Gasteiger partial charge in [-0.15, -0.1) is 16.4 Å². The Morgan fingerprint density at radius 3 is 2.58 bits per heavy atom. The van der Waals surface area contributed by atoms with E-state index in [9.17, 15) is 4.79 Å². The van der Waals surface area contributed by atoms with Crippen molar-refractivity contribution in [3.8, 4) is 5.75 Å². The third-order valence-electron chi connectivity index (χ3n) is 3.71. The minimum atomic E-state index is -0.641. The first kappa shape index (κ1) is 16.4. The van der Waals surface area contributed by atoms with Crippen molar-refractivity contribution in [1.29, 1.82) is 0 Å². The average molecular weight is 344 g/mol. The highest BCUT2D eigenvalue weighted by Gasteiger charge is 2.18. The van der Waals surface area contributed by atoms with E-state index in [1.165, 1.54) is 16.9 Å². The molecule has 0 fully saturated rings. The number of ether oxygens (including phenoxy) is 1. The van der Waals surface area contributed by atoms with Crippen LogP contribution in [0.2, 0.25) is 0 Å². The summed E-state index contributed by atoms with van der Waals surface area (Å²) in [6.07, 6.45) is -0.641. The second-order valence-corrected chi connectivity index (χ2v) is 6.82. The highest BCUT2D eigenvalue weighted by Crippen LogP contribution is 2.20. The summed E-state index contributed by atoms with van der Waals surface area (Å²) < 4.78 is 7.40. The Hall–Kier alpha value is -2.41. The molecule has 3 rings (SSSR count). The number of carbonyl (C=O) groups excluding carboxylic acids is 1. The lowest BCUT2D eigenvalue weighted by Gasteiger charge is -2.14. The van der Waals surface area contributed by atoms with E-state index in [1.807, 2.05) is 36.6 Å². The predicted octanol–water partition coefficient (Wildman–Crippen LogP) is 3.63. The van der Waals surface area contributed by atoms with Gasteiger partial charge in [0.2, 0.25) is 4.96 Å². The second-order valence-electron chi connectivity index (χ2n) is 5.98. The third kappa shape index (κ3) is 3.41. The van der Waals surface area contributed by atoms with Crippen LogP contribution >= 0.6 is 11.3 Å². The number of fused-ring (bicyclic) bond motifs is 1. The molecule has 0 bridgehead atoms. The summed E-state index contributed by atoms with van der Waals surface area (Å²) >= 11 is 1.48. The molecule has 0 aliphatic rings. The van der Waals surface area contributed by atoms with Crippen molar-refractivity contribution >= 4 is 28.2 Å². The van der Waals surface area contributed by atoms with Gasteiger partial charge in [0, 0.05) is 5.38 Å². The lowest BCUT2D eigenvalue weighted by atomic mass is 10.0. The molecule has 2 aromatic heterocycles. The molecular formula is C17H20N4O2S. The van der Waals surface area contributed by atoms with Gasteiger partial charge in [-0.3, -0.25) is 10.1 Å². The molecule has 3 aromatic rings. The number of thiazole rings is 1. The van der Waals surface area contributed by atoms with E-state index in [-0.39, 0.29) is 5.91 Å². The van der Waals surface area contributed by atoms with Crippen LogP contribution in [0, 0.1) is 6.92 Å². The fourth-order valence-corrected chi connectivity index (χ4v) is 3.05. The number of nitrogens with zero attached hydrogens (tertiary/aromatic N) is 3. The number of hydrogen-bond donors (Lipinski definition) is 1. The highest BCUT2D eigenvalue weighted by molar-refractivity contribution is 7.15. The summed E-state index contributed by atoms with van der Waals surface area (Å²) in [4.78, 5) is 17.3. The van der Waals surface area contributed by atoms with E-state index in [2.05, 4.69) is 29.2 Å². The zero-order valence-electron chi connectivity index (χ0n) is 14.1. The fraction of sp³-hybridized carbons (Fsp3) is 0.353. The maximum Gasteiger partial charge on any atom is 0.267 e. The SMILES string of the molecule is Cc1csc2nc(NC(=O)C(C)Oc3ccc(C(C)C)cc3)nn12. The van der Waals surface area contributed by atoms with Gasteiger partial charge in [0.15, 0.2) is 6.10 Å². The minimum Gasteiger partial charge on any atom is -0.481 e. The molecule has 0 aliphatic heterocycles. The molecule has 126 valence electrons. The number of aryl methyl sites for hydroxylation is 1. The molecule has 1 N–H and O–H groups in total. The van der Waals surface area contributed by atoms with Crippen LogP contribution in [0.3, 0.4) is 0 Å². The molecule has 1 unspecified atom stereocenters. The summed E-state index contributed by atoms with van der Waals surface area (Å²) in [6.45, 7) is 7.92. The van der Waals surface area contributed by atoms with Crippen LogP contribution in [-0.2, 0) is 4.79 Å². The zero-order chi connectivity index (χ0) is 17.3. The quantitative estimate of drug-likeness (QED) is 0.767. The fourth-order valence-electron chi connectivity index (χ4n) is 2.25. The molecule has 6 nitrogen and oxygen atoms in total. The summed E-state index contributed by atoms with van der Waals surface area (Å²) in [6, 6.07) is 7.79. The molecule has 24 heavy (non-hydrogen) atoms. The van der Waals surface area contributed by atoms with E-state index < -0.39 is 6.10 Å². The van der Waals surface area contributed by atoms with Crippen LogP contribution in [0.1, 0.15) is 37.9 Å². The number of carbonyl (C=O) groups is 1. The minimum absolute atomic E-state index is 0.279. The first-order valence-corrected chi connectivity index (χ1v) is 8.70. The van der Waals surface area contributed by atoms with E-state index >= 15 is 0 Å². The van der Waals surface area contributed by atoms with Crippen molar-refractivity contribution in [1.82, 2.24) is 14.6 Å². The van der Waals surface area contributed by atoms with Gasteiger partial charge in [-0.1, -0.05) is 26.0 Å². The molecule has 1 amide bonds. The van der Waals surface area contributed by atoms with Gasteiger partial charge < -0.3 is 4.74 Å². The lowest BCUT2D eigenvalue weighted by molar-refractivity contribution is -0.122. The van der Waals surface area contributed by atoms with Crippen LogP contribution in [0.5, 0.6) is 5.75 Å². The van der Waals surface area contributed by atoms with Crippen LogP contribution in [0.4, 0.5) is 5.95 Å². The number of aromatic nitrogens is 3. The number of hydrogen-bond acceptors (Lipinski definition) is 5. The first-order chi connectivity index (χ1) is 11.4. The lowest BCUT2D eigenvalue weighted by Crippen LogP contribution is -2.30. The van der Waals surface area contributed by atoms with Crippen LogP contribution < -0.4 is 10.1 Å². The number of benzene rings is 1. The van der Waals surface area contributed by atoms with Gasteiger partial charge in [0.05, 0.1) is 5.69 Å². The molecule has 7 heteroatoms. The Morgan fingerprint density at radius 1 is 1.25 bits per heavy atom. The standard InChI is InChI=1S/C17H20N4O2S/c1-10(2)13-5-7-14(8-6-13)23-12(4)15(22)18-16-19-17-21(20-16)11(3)9-24-17/h5-10,12H,1-4H3,(H,18,20,22). The molecule has 0 saturated heterocycles. The van der Waals surface area contributed by atoms with Gasteiger partial charge in [-0.2, -0.15) is 4.98 Å². The van der Waals surface area contributed by atoms with Gasteiger partial charge in [0.25, 0.3) is 11.9 Å². The van der Waals surface area contributed by atoms with Crippen LogP contribution in [-0.4, -0.2) is 26.6 Å². The van der Waals surface area contributed by atoms with Crippen molar-refractivity contribution in [2.45, 2.75) is 39.7 Å². The largest absolute Gasteiger partial charge is 0.481 e. The Labute approximate surface area is 144 Å². The predicted molar refractivity (Wildman–Crippen MR) is 94.9 cm³/mol. The van der Waals surface area contributed by atoms with Gasteiger partial charge in [-0.05, 0) is 37.5 Å². The third-order valence-corrected chi connectivity index (χ3v) is 4.64. The number of nitrogens with one attached hydrogen (secondary N) is 1. The van der Waals surface area contributed by atoms with Crippen LogP contribution in [0.25, 0.3) is 4.96 Å². The number of amides is 1. The second kappa shape index (κ2) is 6.60. The zero-order valence-corrected chi connectivity index (χ0v) is 14.9. The molecule has 1 aromatic carbocycles. The summed E-state index contributed by atoms with van der Waals surface area (Å²) in [5.41, 5.74) is 2.22. The maximum absolute atomic E-state index is 12.3. The Balaban J connectivity index is 1.63. The molecule has 0 aliphatic carbocycles. The normalized spacial score (nSPS) is 12.5. The molecule has 0 spiro atoms. The molecule has 0 saturated carbocycles. The Bertz CT molecular complexity index is 851. The highest BCUT2D eigenvalue weighted by atomic mass is 32.1. The smallest absolute Gasteiger partial charge is 0.267 e. The van der Waals surface area contributed by atoms with Crippen molar-refractivity contribution in [2.24, 2.45) is 0 Å². The maximum atomic E-state index is 12.3. The Morgan fingerprint density at radius 2 is 1.96 bits per heavy atom. The number of rotatable bonds is 5. The van der Waals surface area contributed by atoms with E-state index in [1.54, 1.807) is 11.4 Å². The topological polar surface area (TPSA) is 68.5 Å². The van der Waals surface area contributed by atoms with Gasteiger partial charge in [0.1, 0.15) is 5.75 Å². The molecular weight excluding hydrogens is 324 g/mol. The number of anilines is 1. The summed E-state index contributed by atoms with van der Waals surface area (Å²) in [5, 5.41) is 8.92. The monoisotopic (exact) mass is 344 g/mol. The van der Waals surface area contributed by atoms with Crippen molar-refractivity contribution < 1.29 is 9.53 Å². The van der Waals surface area contributed by atoms with Gasteiger partial charge >= 0.3 is 0 Å². The van der Waals surface area contributed by atoms with Crippen molar-refractivity contribution in [2.75, 3.05) is 5.32 Å². The first-order valence-electron chi connectivity index (χ1n) is 7.82. The molecule has 2 heterocycles. The van der Waals surface area contributed by atoms with E-state index in [4.69, 9.17) is 4.74 Å². The van der Waals surface area contributed by atoms with Gasteiger partial charge in [-0.25, -0.2) is 4.52 Å².